The summed E-state index contributed by atoms with van der Waals surface area (Å²) < 4.78 is 28.5. The molecule has 116 valence electrons. The zero-order valence-corrected chi connectivity index (χ0v) is 12.6. The first-order valence-corrected chi connectivity index (χ1v) is 8.53. The minimum absolute atomic E-state index is 0.215. The molecule has 7 nitrogen and oxygen atoms in total. The van der Waals surface area contributed by atoms with E-state index in [1.54, 1.807) is 6.92 Å². The summed E-state index contributed by atoms with van der Waals surface area (Å²) in [7, 11) is -3.04. The summed E-state index contributed by atoms with van der Waals surface area (Å²) >= 11 is 0. The molecule has 1 saturated heterocycles. The third kappa shape index (κ3) is 3.63. The Morgan fingerprint density at radius 1 is 1.57 bits per heavy atom. The molecule has 0 amide bonds. The molecule has 1 fully saturated rings. The van der Waals surface area contributed by atoms with Crippen molar-refractivity contribution in [1.29, 1.82) is 0 Å². The van der Waals surface area contributed by atoms with Crippen LogP contribution in [0.25, 0.3) is 0 Å². The number of anilines is 2. The van der Waals surface area contributed by atoms with E-state index in [1.807, 2.05) is 0 Å². The summed E-state index contributed by atoms with van der Waals surface area (Å²) in [6, 6.07) is 1.47. The minimum Gasteiger partial charge on any atom is -0.462 e. The average molecular weight is 313 g/mol. The Kier molecular flexibility index (Phi) is 4.66. The van der Waals surface area contributed by atoms with E-state index in [2.05, 4.69) is 10.3 Å². The van der Waals surface area contributed by atoms with Gasteiger partial charge >= 0.3 is 5.97 Å². The van der Waals surface area contributed by atoms with Crippen molar-refractivity contribution in [1.82, 2.24) is 4.98 Å². The van der Waals surface area contributed by atoms with Crippen molar-refractivity contribution in [3.63, 3.8) is 0 Å². The molecule has 21 heavy (non-hydrogen) atoms. The highest BCUT2D eigenvalue weighted by Gasteiger charge is 2.31. The second-order valence-corrected chi connectivity index (χ2v) is 7.30. The highest BCUT2D eigenvalue weighted by Crippen LogP contribution is 2.22. The fraction of sp³-hybridized carbons (Fsp3) is 0.538. The Morgan fingerprint density at radius 2 is 2.33 bits per heavy atom. The molecular formula is C13H19N3O4S. The molecule has 1 aromatic rings. The number of esters is 1. The molecule has 0 aliphatic carbocycles. The van der Waals surface area contributed by atoms with Crippen LogP contribution in [0.15, 0.2) is 12.3 Å². The molecule has 1 atom stereocenters. The summed E-state index contributed by atoms with van der Waals surface area (Å²) in [5.41, 5.74) is 6.19. The van der Waals surface area contributed by atoms with E-state index < -0.39 is 21.1 Å². The lowest BCUT2D eigenvalue weighted by atomic mass is 10.2. The number of aromatic nitrogens is 1. The van der Waals surface area contributed by atoms with Gasteiger partial charge in [-0.05, 0) is 25.8 Å². The normalized spacial score (nSPS) is 20.1. The van der Waals surface area contributed by atoms with Crippen molar-refractivity contribution in [3.8, 4) is 0 Å². The van der Waals surface area contributed by atoms with Gasteiger partial charge in [-0.25, -0.2) is 18.2 Å². The number of hydrogen-bond acceptors (Lipinski definition) is 7. The van der Waals surface area contributed by atoms with Gasteiger partial charge in [-0.3, -0.25) is 0 Å². The molecule has 3 N–H and O–H groups in total. The summed E-state index contributed by atoms with van der Waals surface area (Å²) in [6.07, 6.45) is 2.71. The van der Waals surface area contributed by atoms with Gasteiger partial charge in [0.15, 0.2) is 9.84 Å². The number of nitrogens with zero attached hydrogens (tertiary/aromatic N) is 1. The average Bonchev–Trinajstić information content (AvgIpc) is 2.76. The summed E-state index contributed by atoms with van der Waals surface area (Å²) in [4.78, 5) is 15.9. The van der Waals surface area contributed by atoms with Crippen LogP contribution in [-0.2, 0) is 14.6 Å². The first-order valence-electron chi connectivity index (χ1n) is 6.82. The Morgan fingerprint density at radius 3 is 2.95 bits per heavy atom. The van der Waals surface area contributed by atoms with Gasteiger partial charge in [-0.15, -0.1) is 0 Å². The lowest BCUT2D eigenvalue weighted by Crippen LogP contribution is -2.26. The number of rotatable bonds is 5. The zero-order chi connectivity index (χ0) is 15.5. The predicted molar refractivity (Wildman–Crippen MR) is 79.9 cm³/mol. The van der Waals surface area contributed by atoms with Crippen LogP contribution in [-0.4, -0.2) is 43.5 Å². The van der Waals surface area contributed by atoms with Gasteiger partial charge in [0.05, 0.1) is 29.5 Å². The Labute approximate surface area is 123 Å². The van der Waals surface area contributed by atoms with Crippen molar-refractivity contribution in [2.24, 2.45) is 0 Å². The molecule has 0 aromatic carbocycles. The van der Waals surface area contributed by atoms with Crippen molar-refractivity contribution >= 4 is 27.3 Å². The molecule has 0 saturated carbocycles. The van der Waals surface area contributed by atoms with Crippen LogP contribution in [0.2, 0.25) is 0 Å². The Hall–Kier alpha value is -1.83. The molecule has 2 heterocycles. The van der Waals surface area contributed by atoms with Crippen molar-refractivity contribution in [2.45, 2.75) is 25.0 Å². The standard InChI is InChI=1S/C13H19N3O4S/c1-2-20-13(17)11-6-9(14)7-15-12(11)16-8-10-4-3-5-21(10,18)19/h6-7,10H,2-5,8,14H2,1H3,(H,15,16). The van der Waals surface area contributed by atoms with Gasteiger partial charge in [-0.1, -0.05) is 0 Å². The van der Waals surface area contributed by atoms with E-state index in [0.29, 0.717) is 24.3 Å². The zero-order valence-electron chi connectivity index (χ0n) is 11.8. The number of pyridine rings is 1. The van der Waals surface area contributed by atoms with E-state index in [0.717, 1.165) is 0 Å². The molecular weight excluding hydrogens is 294 g/mol. The summed E-state index contributed by atoms with van der Waals surface area (Å²) in [6.45, 7) is 2.17. The molecule has 0 radical (unpaired) electrons. The van der Waals surface area contributed by atoms with E-state index >= 15 is 0 Å². The quantitative estimate of drug-likeness (QED) is 0.774. The van der Waals surface area contributed by atoms with Gasteiger partial charge < -0.3 is 15.8 Å². The monoisotopic (exact) mass is 313 g/mol. The SMILES string of the molecule is CCOC(=O)c1cc(N)cnc1NCC1CCCS1(=O)=O. The van der Waals surface area contributed by atoms with Crippen molar-refractivity contribution in [3.05, 3.63) is 17.8 Å². The number of carbonyl (C=O) groups excluding carboxylic acids is 1. The number of hydrogen-bond donors (Lipinski definition) is 2. The third-order valence-electron chi connectivity index (χ3n) is 3.36. The van der Waals surface area contributed by atoms with Crippen LogP contribution in [0.4, 0.5) is 11.5 Å². The number of nitrogens with two attached hydrogens (primary N) is 1. The smallest absolute Gasteiger partial charge is 0.341 e. The minimum atomic E-state index is -3.04. The Balaban J connectivity index is 2.14. The van der Waals surface area contributed by atoms with Crippen molar-refractivity contribution < 1.29 is 17.9 Å². The van der Waals surface area contributed by atoms with Gasteiger partial charge in [0.2, 0.25) is 0 Å². The first kappa shape index (κ1) is 15.6. The molecule has 0 bridgehead atoms. The number of nitrogen functional groups attached to an aromatic ring is 1. The number of sulfone groups is 1. The van der Waals surface area contributed by atoms with Crippen LogP contribution in [0.5, 0.6) is 0 Å². The number of nitrogens with one attached hydrogen (secondary N) is 1. The predicted octanol–water partition coefficient (Wildman–Crippen LogP) is 0.830. The first-order chi connectivity index (χ1) is 9.94. The molecule has 0 spiro atoms. The Bertz CT molecular complexity index is 630. The van der Waals surface area contributed by atoms with E-state index in [-0.39, 0.29) is 24.5 Å². The molecule has 1 aliphatic heterocycles. The van der Waals surface area contributed by atoms with Crippen molar-refractivity contribution in [2.75, 3.05) is 30.0 Å². The van der Waals surface area contributed by atoms with Crippen LogP contribution >= 0.6 is 0 Å². The lowest BCUT2D eigenvalue weighted by molar-refractivity contribution is 0.0527. The van der Waals surface area contributed by atoms with Gasteiger partial charge in [0.25, 0.3) is 0 Å². The lowest BCUT2D eigenvalue weighted by Gasteiger charge is -2.14. The second-order valence-electron chi connectivity index (χ2n) is 4.90. The van der Waals surface area contributed by atoms with Gasteiger partial charge in [0.1, 0.15) is 11.4 Å². The number of carbonyl (C=O) groups is 1. The topological polar surface area (TPSA) is 111 Å². The van der Waals surface area contributed by atoms with Crippen LogP contribution in [0.3, 0.4) is 0 Å². The fourth-order valence-corrected chi connectivity index (χ4v) is 4.05. The maximum absolute atomic E-state index is 11.9. The van der Waals surface area contributed by atoms with Crippen LogP contribution in [0.1, 0.15) is 30.1 Å². The molecule has 1 aromatic heterocycles. The van der Waals surface area contributed by atoms with E-state index in [1.165, 1.54) is 12.3 Å². The van der Waals surface area contributed by atoms with Crippen LogP contribution < -0.4 is 11.1 Å². The maximum Gasteiger partial charge on any atom is 0.341 e. The highest BCUT2D eigenvalue weighted by molar-refractivity contribution is 7.92. The molecule has 1 unspecified atom stereocenters. The summed E-state index contributed by atoms with van der Waals surface area (Å²) in [5.74, 6) is -0.0157. The van der Waals surface area contributed by atoms with Crippen LogP contribution in [0, 0.1) is 0 Å². The second kappa shape index (κ2) is 6.30. The van der Waals surface area contributed by atoms with Gasteiger partial charge in [-0.2, -0.15) is 0 Å². The molecule has 1 aliphatic rings. The largest absolute Gasteiger partial charge is 0.462 e. The van der Waals surface area contributed by atoms with E-state index in [4.69, 9.17) is 10.5 Å². The molecule has 2 rings (SSSR count). The third-order valence-corrected chi connectivity index (χ3v) is 5.64. The summed E-state index contributed by atoms with van der Waals surface area (Å²) in [5, 5.41) is 2.49. The van der Waals surface area contributed by atoms with Gasteiger partial charge in [0, 0.05) is 6.54 Å². The van der Waals surface area contributed by atoms with E-state index in [9.17, 15) is 13.2 Å². The maximum atomic E-state index is 11.9. The highest BCUT2D eigenvalue weighted by atomic mass is 32.2. The molecule has 8 heteroatoms. The fourth-order valence-electron chi connectivity index (χ4n) is 2.28. The number of ether oxygens (including phenoxy) is 1.